The van der Waals surface area contributed by atoms with Crippen LogP contribution in [0.4, 0.5) is 0 Å². The lowest BCUT2D eigenvalue weighted by Crippen LogP contribution is -2.06. The van der Waals surface area contributed by atoms with Gasteiger partial charge in [-0.1, -0.05) is 84.9 Å². The number of aromatic nitrogens is 4. The largest absolute Gasteiger partial charge is 0.456 e. The van der Waals surface area contributed by atoms with Crippen LogP contribution in [0.3, 0.4) is 0 Å². The number of nitrogens with zero attached hydrogens (tertiary/aromatic N) is 4. The topological polar surface area (TPSA) is 56.7 Å². The predicted molar refractivity (Wildman–Crippen MR) is 152 cm³/mol. The Morgan fingerprint density at radius 2 is 1.03 bits per heavy atom. The zero-order valence-electron chi connectivity index (χ0n) is 20.2. The van der Waals surface area contributed by atoms with E-state index in [1.165, 1.54) is 0 Å². The van der Waals surface area contributed by atoms with Crippen molar-refractivity contribution in [2.75, 3.05) is 0 Å². The summed E-state index contributed by atoms with van der Waals surface area (Å²) in [5.74, 6) is 1.83. The zero-order chi connectivity index (χ0) is 25.1. The molecule has 0 radical (unpaired) electrons. The summed E-state index contributed by atoms with van der Waals surface area (Å²) in [7, 11) is 0. The predicted octanol–water partition coefficient (Wildman–Crippen LogP) is 8.20. The first-order chi connectivity index (χ1) is 18.8. The quantitative estimate of drug-likeness (QED) is 0.251. The van der Waals surface area contributed by atoms with Crippen LogP contribution in [0.25, 0.3) is 72.5 Å². The molecule has 0 aliphatic heterocycles. The minimum absolute atomic E-state index is 0.586. The van der Waals surface area contributed by atoms with Crippen molar-refractivity contribution in [1.29, 1.82) is 0 Å². The Hall–Kier alpha value is -5.29. The van der Waals surface area contributed by atoms with Crippen LogP contribution in [-0.4, -0.2) is 19.5 Å². The van der Waals surface area contributed by atoms with Crippen LogP contribution in [0, 0.1) is 0 Å². The maximum absolute atomic E-state index is 6.06. The molecule has 178 valence electrons. The Morgan fingerprint density at radius 1 is 0.447 bits per heavy atom. The van der Waals surface area contributed by atoms with E-state index in [2.05, 4.69) is 65.2 Å². The second-order valence-corrected chi connectivity index (χ2v) is 9.33. The van der Waals surface area contributed by atoms with E-state index in [0.29, 0.717) is 17.6 Å². The molecule has 5 nitrogen and oxygen atoms in total. The number of para-hydroxylation sites is 3. The monoisotopic (exact) mass is 488 g/mol. The van der Waals surface area contributed by atoms with Crippen molar-refractivity contribution < 1.29 is 4.42 Å². The molecule has 0 aliphatic rings. The maximum Gasteiger partial charge on any atom is 0.238 e. The second-order valence-electron chi connectivity index (χ2n) is 9.33. The van der Waals surface area contributed by atoms with Gasteiger partial charge in [-0.2, -0.15) is 9.97 Å². The molecule has 0 saturated heterocycles. The lowest BCUT2D eigenvalue weighted by molar-refractivity contribution is 0.669. The van der Waals surface area contributed by atoms with E-state index in [0.717, 1.165) is 54.9 Å². The molecule has 0 N–H and O–H groups in total. The molecule has 0 atom stereocenters. The number of hydrogen-bond donors (Lipinski definition) is 0. The van der Waals surface area contributed by atoms with Gasteiger partial charge < -0.3 is 4.42 Å². The molecule has 38 heavy (non-hydrogen) atoms. The van der Waals surface area contributed by atoms with Crippen LogP contribution in [-0.2, 0) is 0 Å². The van der Waals surface area contributed by atoms with Crippen LogP contribution in [0.5, 0.6) is 0 Å². The summed E-state index contributed by atoms with van der Waals surface area (Å²) in [6.45, 7) is 0. The highest BCUT2D eigenvalue weighted by atomic mass is 16.3. The Bertz CT molecular complexity index is 2090. The van der Waals surface area contributed by atoms with Gasteiger partial charge in [0.05, 0.1) is 11.0 Å². The molecule has 8 aromatic rings. The summed E-state index contributed by atoms with van der Waals surface area (Å²) in [6, 6.07) is 41.0. The minimum atomic E-state index is 0.586. The van der Waals surface area contributed by atoms with Crippen molar-refractivity contribution >= 4 is 43.7 Å². The first-order valence-corrected chi connectivity index (χ1v) is 12.6. The van der Waals surface area contributed by atoms with Crippen molar-refractivity contribution in [2.24, 2.45) is 0 Å². The van der Waals surface area contributed by atoms with Crippen molar-refractivity contribution in [3.05, 3.63) is 121 Å². The van der Waals surface area contributed by atoms with Crippen LogP contribution >= 0.6 is 0 Å². The van der Waals surface area contributed by atoms with Gasteiger partial charge in [0.1, 0.15) is 11.2 Å². The molecule has 0 spiro atoms. The molecule has 0 bridgehead atoms. The van der Waals surface area contributed by atoms with Gasteiger partial charge in [-0.25, -0.2) is 4.98 Å². The molecule has 5 aromatic carbocycles. The van der Waals surface area contributed by atoms with Crippen molar-refractivity contribution in [3.63, 3.8) is 0 Å². The highest BCUT2D eigenvalue weighted by Gasteiger charge is 2.18. The molecule has 0 fully saturated rings. The summed E-state index contributed by atoms with van der Waals surface area (Å²) in [4.78, 5) is 15.0. The van der Waals surface area contributed by atoms with Crippen molar-refractivity contribution in [3.8, 4) is 28.7 Å². The highest BCUT2D eigenvalue weighted by molar-refractivity contribution is 6.09. The standard InChI is InChI=1S/C33H20N4O/c1-2-10-21(11-3-1)31-34-32(22-18-19-30-26(20-22)25-14-6-9-17-29(25)38-30)36-33(35-31)37-27-15-7-4-12-23(27)24-13-5-8-16-28(24)37/h1-20H. The van der Waals surface area contributed by atoms with E-state index in [1.54, 1.807) is 0 Å². The normalized spacial score (nSPS) is 11.7. The molecular weight excluding hydrogens is 468 g/mol. The first-order valence-electron chi connectivity index (χ1n) is 12.6. The van der Waals surface area contributed by atoms with Gasteiger partial charge in [0, 0.05) is 32.7 Å². The minimum Gasteiger partial charge on any atom is -0.456 e. The van der Waals surface area contributed by atoms with E-state index >= 15 is 0 Å². The SMILES string of the molecule is c1ccc(-c2nc(-c3ccc4oc5ccccc5c4c3)nc(-n3c4ccccc4c4ccccc43)n2)cc1. The average molecular weight is 489 g/mol. The molecule has 0 amide bonds. The van der Waals surface area contributed by atoms with Crippen molar-refractivity contribution in [2.45, 2.75) is 0 Å². The van der Waals surface area contributed by atoms with Gasteiger partial charge in [-0.3, -0.25) is 4.57 Å². The molecule has 0 unspecified atom stereocenters. The third-order valence-corrected chi connectivity index (χ3v) is 7.07. The van der Waals surface area contributed by atoms with Crippen LogP contribution < -0.4 is 0 Å². The fourth-order valence-electron chi connectivity index (χ4n) is 5.31. The fraction of sp³-hybridized carbons (Fsp3) is 0. The fourth-order valence-corrected chi connectivity index (χ4v) is 5.31. The summed E-state index contributed by atoms with van der Waals surface area (Å²) in [5.41, 5.74) is 5.67. The number of furan rings is 1. The number of fused-ring (bicyclic) bond motifs is 6. The summed E-state index contributed by atoms with van der Waals surface area (Å²) >= 11 is 0. The van der Waals surface area contributed by atoms with E-state index < -0.39 is 0 Å². The van der Waals surface area contributed by atoms with Gasteiger partial charge in [-0.15, -0.1) is 0 Å². The maximum atomic E-state index is 6.06. The van der Waals surface area contributed by atoms with Gasteiger partial charge in [0.2, 0.25) is 5.95 Å². The summed E-state index contributed by atoms with van der Waals surface area (Å²) in [5, 5.41) is 4.44. The third kappa shape index (κ3) is 3.15. The van der Waals surface area contributed by atoms with Crippen molar-refractivity contribution in [1.82, 2.24) is 19.5 Å². The van der Waals surface area contributed by atoms with E-state index in [1.807, 2.05) is 60.7 Å². The van der Waals surface area contributed by atoms with Gasteiger partial charge in [-0.05, 0) is 36.4 Å². The Kier molecular flexibility index (Phi) is 4.45. The number of benzene rings is 5. The van der Waals surface area contributed by atoms with Gasteiger partial charge >= 0.3 is 0 Å². The van der Waals surface area contributed by atoms with Crippen LogP contribution in [0.1, 0.15) is 0 Å². The molecule has 5 heteroatoms. The molecule has 3 aromatic heterocycles. The Morgan fingerprint density at radius 3 is 1.76 bits per heavy atom. The second kappa shape index (κ2) is 8.11. The molecule has 0 saturated carbocycles. The van der Waals surface area contributed by atoms with E-state index in [-0.39, 0.29) is 0 Å². The average Bonchev–Trinajstić information content (AvgIpc) is 3.53. The number of hydrogen-bond acceptors (Lipinski definition) is 4. The van der Waals surface area contributed by atoms with Crippen LogP contribution in [0.2, 0.25) is 0 Å². The zero-order valence-corrected chi connectivity index (χ0v) is 20.2. The van der Waals surface area contributed by atoms with E-state index in [4.69, 9.17) is 19.4 Å². The molecule has 0 aliphatic carbocycles. The first kappa shape index (κ1) is 20.9. The lowest BCUT2D eigenvalue weighted by Gasteiger charge is -2.11. The van der Waals surface area contributed by atoms with Crippen LogP contribution in [0.15, 0.2) is 126 Å². The Balaban J connectivity index is 1.43. The summed E-state index contributed by atoms with van der Waals surface area (Å²) < 4.78 is 8.19. The van der Waals surface area contributed by atoms with E-state index in [9.17, 15) is 0 Å². The smallest absolute Gasteiger partial charge is 0.238 e. The van der Waals surface area contributed by atoms with Gasteiger partial charge in [0.25, 0.3) is 0 Å². The Labute approximate surface area is 217 Å². The third-order valence-electron chi connectivity index (χ3n) is 7.07. The highest BCUT2D eigenvalue weighted by Crippen LogP contribution is 2.34. The summed E-state index contributed by atoms with van der Waals surface area (Å²) in [6.07, 6.45) is 0. The molecule has 8 rings (SSSR count). The lowest BCUT2D eigenvalue weighted by atomic mass is 10.1. The number of rotatable bonds is 3. The van der Waals surface area contributed by atoms with Gasteiger partial charge in [0.15, 0.2) is 11.6 Å². The molecule has 3 heterocycles. The molecular formula is C33H20N4O.